The van der Waals surface area contributed by atoms with Gasteiger partial charge in [0.25, 0.3) is 0 Å². The smallest absolute Gasteiger partial charge is 0.242 e. The van der Waals surface area contributed by atoms with Gasteiger partial charge in [0.15, 0.2) is 0 Å². The van der Waals surface area contributed by atoms with Crippen molar-refractivity contribution in [1.29, 1.82) is 0 Å². The molecule has 0 radical (unpaired) electrons. The van der Waals surface area contributed by atoms with Gasteiger partial charge in [-0.3, -0.25) is 4.79 Å². The second kappa shape index (κ2) is 5.95. The molecule has 2 rings (SSSR count). The first kappa shape index (κ1) is 13.7. The van der Waals surface area contributed by atoms with Crippen LogP contribution in [0.1, 0.15) is 19.8 Å². The van der Waals surface area contributed by atoms with Crippen LogP contribution in [0.15, 0.2) is 24.3 Å². The Hall–Kier alpha value is -1.71. The predicted octanol–water partition coefficient (Wildman–Crippen LogP) is 2.18. The summed E-state index contributed by atoms with van der Waals surface area (Å²) in [4.78, 5) is 16.1. The summed E-state index contributed by atoms with van der Waals surface area (Å²) in [6.07, 6.45) is 2.32. The lowest BCUT2D eigenvalue weighted by molar-refractivity contribution is -0.129. The van der Waals surface area contributed by atoms with E-state index in [1.807, 2.05) is 38.1 Å². The fourth-order valence-corrected chi connectivity index (χ4v) is 2.20. The minimum Gasteiger partial charge on any atom is -0.378 e. The topological polar surface area (TPSA) is 35.6 Å². The van der Waals surface area contributed by atoms with Crippen molar-refractivity contribution in [3.05, 3.63) is 24.3 Å². The monoisotopic (exact) mass is 261 g/mol. The zero-order valence-corrected chi connectivity index (χ0v) is 12.0. The van der Waals surface area contributed by atoms with Crippen LogP contribution in [-0.4, -0.2) is 44.0 Å². The number of nitrogens with one attached hydrogen (secondary N) is 1. The van der Waals surface area contributed by atoms with Crippen molar-refractivity contribution in [2.75, 3.05) is 37.4 Å². The molecular formula is C15H23N3O. The maximum absolute atomic E-state index is 12.1. The van der Waals surface area contributed by atoms with Gasteiger partial charge in [-0.25, -0.2) is 0 Å². The van der Waals surface area contributed by atoms with Gasteiger partial charge in [-0.2, -0.15) is 0 Å². The summed E-state index contributed by atoms with van der Waals surface area (Å²) in [5.41, 5.74) is 2.12. The molecule has 0 aliphatic heterocycles. The van der Waals surface area contributed by atoms with E-state index in [9.17, 15) is 4.79 Å². The Labute approximate surface area is 115 Å². The van der Waals surface area contributed by atoms with Crippen LogP contribution in [0.5, 0.6) is 0 Å². The van der Waals surface area contributed by atoms with Gasteiger partial charge in [-0.05, 0) is 38.0 Å². The third-order valence-electron chi connectivity index (χ3n) is 3.45. The highest BCUT2D eigenvalue weighted by Gasteiger charge is 2.30. The SMILES string of the molecule is CCN(C(=O)CNc1cccc(N(C)C)c1)C1CC1. The lowest BCUT2D eigenvalue weighted by Crippen LogP contribution is -2.37. The maximum atomic E-state index is 12.1. The number of nitrogens with zero attached hydrogens (tertiary/aromatic N) is 2. The fourth-order valence-electron chi connectivity index (χ4n) is 2.20. The van der Waals surface area contributed by atoms with Crippen molar-refractivity contribution < 1.29 is 4.79 Å². The van der Waals surface area contributed by atoms with Crippen molar-refractivity contribution >= 4 is 17.3 Å². The largest absolute Gasteiger partial charge is 0.378 e. The Balaban J connectivity index is 1.90. The van der Waals surface area contributed by atoms with Gasteiger partial charge in [0, 0.05) is 38.1 Å². The predicted molar refractivity (Wildman–Crippen MR) is 79.7 cm³/mol. The first-order valence-corrected chi connectivity index (χ1v) is 6.92. The third-order valence-corrected chi connectivity index (χ3v) is 3.45. The average molecular weight is 261 g/mol. The Morgan fingerprint density at radius 2 is 2.11 bits per heavy atom. The van der Waals surface area contributed by atoms with Crippen molar-refractivity contribution in [2.24, 2.45) is 0 Å². The first-order chi connectivity index (χ1) is 9.11. The van der Waals surface area contributed by atoms with Crippen LogP contribution < -0.4 is 10.2 Å². The van der Waals surface area contributed by atoms with Crippen LogP contribution >= 0.6 is 0 Å². The highest BCUT2D eigenvalue weighted by atomic mass is 16.2. The van der Waals surface area contributed by atoms with E-state index in [0.717, 1.165) is 30.8 Å². The molecule has 0 heterocycles. The van der Waals surface area contributed by atoms with Gasteiger partial charge in [0.2, 0.25) is 5.91 Å². The minimum absolute atomic E-state index is 0.195. The van der Waals surface area contributed by atoms with Crippen LogP contribution in [0.4, 0.5) is 11.4 Å². The summed E-state index contributed by atoms with van der Waals surface area (Å²) in [5, 5.41) is 3.22. The number of carbonyl (C=O) groups excluding carboxylic acids is 1. The summed E-state index contributed by atoms with van der Waals surface area (Å²) in [5.74, 6) is 0.195. The molecule has 4 heteroatoms. The summed E-state index contributed by atoms with van der Waals surface area (Å²) in [6.45, 7) is 3.23. The molecule has 0 atom stereocenters. The Bertz CT molecular complexity index is 441. The molecule has 0 aromatic heterocycles. The van der Waals surface area contributed by atoms with Crippen molar-refractivity contribution in [1.82, 2.24) is 4.90 Å². The quantitative estimate of drug-likeness (QED) is 0.852. The van der Waals surface area contributed by atoms with Crippen LogP contribution in [-0.2, 0) is 4.79 Å². The normalized spacial score (nSPS) is 14.1. The number of likely N-dealkylation sites (N-methyl/N-ethyl adjacent to an activating group) is 1. The number of carbonyl (C=O) groups is 1. The lowest BCUT2D eigenvalue weighted by Gasteiger charge is -2.21. The lowest BCUT2D eigenvalue weighted by atomic mass is 10.2. The highest BCUT2D eigenvalue weighted by Crippen LogP contribution is 2.26. The summed E-state index contributed by atoms with van der Waals surface area (Å²) >= 11 is 0. The molecule has 0 bridgehead atoms. The zero-order chi connectivity index (χ0) is 13.8. The molecule has 0 spiro atoms. The van der Waals surface area contributed by atoms with E-state index < -0.39 is 0 Å². The summed E-state index contributed by atoms with van der Waals surface area (Å²) in [7, 11) is 4.02. The second-order valence-corrected chi connectivity index (χ2v) is 5.21. The van der Waals surface area contributed by atoms with E-state index in [-0.39, 0.29) is 5.91 Å². The maximum Gasteiger partial charge on any atom is 0.242 e. The first-order valence-electron chi connectivity index (χ1n) is 6.92. The highest BCUT2D eigenvalue weighted by molar-refractivity contribution is 5.81. The van der Waals surface area contributed by atoms with Gasteiger partial charge >= 0.3 is 0 Å². The molecule has 104 valence electrons. The molecule has 1 saturated carbocycles. The van der Waals surface area contributed by atoms with Crippen LogP contribution in [0.2, 0.25) is 0 Å². The number of hydrogen-bond donors (Lipinski definition) is 1. The summed E-state index contributed by atoms with van der Waals surface area (Å²) < 4.78 is 0. The Morgan fingerprint density at radius 3 is 2.68 bits per heavy atom. The number of amides is 1. The van der Waals surface area contributed by atoms with E-state index in [0.29, 0.717) is 12.6 Å². The molecule has 0 saturated heterocycles. The number of hydrogen-bond acceptors (Lipinski definition) is 3. The van der Waals surface area contributed by atoms with Crippen molar-refractivity contribution in [2.45, 2.75) is 25.8 Å². The van der Waals surface area contributed by atoms with Crippen LogP contribution in [0.3, 0.4) is 0 Å². The molecule has 1 N–H and O–H groups in total. The van der Waals surface area contributed by atoms with E-state index in [2.05, 4.69) is 22.3 Å². The van der Waals surface area contributed by atoms with E-state index in [1.54, 1.807) is 0 Å². The van der Waals surface area contributed by atoms with Crippen LogP contribution in [0, 0.1) is 0 Å². The molecule has 4 nitrogen and oxygen atoms in total. The molecular weight excluding hydrogens is 238 g/mol. The molecule has 1 aliphatic rings. The molecule has 1 aromatic carbocycles. The van der Waals surface area contributed by atoms with Gasteiger partial charge in [0.1, 0.15) is 0 Å². The Morgan fingerprint density at radius 1 is 1.37 bits per heavy atom. The van der Waals surface area contributed by atoms with E-state index in [4.69, 9.17) is 0 Å². The van der Waals surface area contributed by atoms with E-state index in [1.165, 1.54) is 0 Å². The van der Waals surface area contributed by atoms with E-state index >= 15 is 0 Å². The molecule has 1 aromatic rings. The molecule has 19 heavy (non-hydrogen) atoms. The second-order valence-electron chi connectivity index (χ2n) is 5.21. The van der Waals surface area contributed by atoms with Crippen molar-refractivity contribution in [3.8, 4) is 0 Å². The number of rotatable bonds is 6. The summed E-state index contributed by atoms with van der Waals surface area (Å²) in [6, 6.07) is 8.59. The number of anilines is 2. The Kier molecular flexibility index (Phi) is 4.30. The molecule has 1 amide bonds. The zero-order valence-electron chi connectivity index (χ0n) is 12.0. The van der Waals surface area contributed by atoms with Gasteiger partial charge in [-0.1, -0.05) is 6.07 Å². The molecule has 1 fully saturated rings. The fraction of sp³-hybridized carbons (Fsp3) is 0.533. The van der Waals surface area contributed by atoms with Crippen LogP contribution in [0.25, 0.3) is 0 Å². The standard InChI is InChI=1S/C15H23N3O/c1-4-18(13-8-9-13)15(19)11-16-12-6-5-7-14(10-12)17(2)3/h5-7,10,13,16H,4,8-9,11H2,1-3H3. The van der Waals surface area contributed by atoms with Gasteiger partial charge < -0.3 is 15.1 Å². The van der Waals surface area contributed by atoms with Gasteiger partial charge in [-0.15, -0.1) is 0 Å². The average Bonchev–Trinajstić information content (AvgIpc) is 3.22. The van der Waals surface area contributed by atoms with Gasteiger partial charge in [0.05, 0.1) is 6.54 Å². The van der Waals surface area contributed by atoms with Crippen molar-refractivity contribution in [3.63, 3.8) is 0 Å². The molecule has 1 aliphatic carbocycles. The third kappa shape index (κ3) is 3.63. The number of benzene rings is 1. The molecule has 0 unspecified atom stereocenters. The minimum atomic E-state index is 0.195.